The summed E-state index contributed by atoms with van der Waals surface area (Å²) in [4.78, 5) is 11.4. The van der Waals surface area contributed by atoms with Crippen molar-refractivity contribution in [2.75, 3.05) is 14.2 Å². The van der Waals surface area contributed by atoms with E-state index < -0.39 is 8.32 Å². The molecule has 0 aliphatic rings. The lowest BCUT2D eigenvalue weighted by Crippen LogP contribution is -2.29. The lowest BCUT2D eigenvalue weighted by Gasteiger charge is -2.23. The second-order valence-electron chi connectivity index (χ2n) is 4.98. The highest BCUT2D eigenvalue weighted by Crippen LogP contribution is 2.40. The van der Waals surface area contributed by atoms with Gasteiger partial charge in [0.25, 0.3) is 0 Å². The van der Waals surface area contributed by atoms with Crippen molar-refractivity contribution in [1.82, 2.24) is 0 Å². The summed E-state index contributed by atoms with van der Waals surface area (Å²) in [5, 5.41) is 0. The van der Waals surface area contributed by atoms with Crippen LogP contribution in [0, 0.1) is 0 Å². The number of ketones is 1. The number of hydrogen-bond donors (Lipinski definition) is 0. The van der Waals surface area contributed by atoms with E-state index in [4.69, 9.17) is 13.9 Å². The van der Waals surface area contributed by atoms with Crippen molar-refractivity contribution in [1.29, 1.82) is 0 Å². The van der Waals surface area contributed by atoms with Crippen molar-refractivity contribution >= 4 is 14.1 Å². The molecule has 4 nitrogen and oxygen atoms in total. The molecule has 18 heavy (non-hydrogen) atoms. The molecule has 0 saturated heterocycles. The minimum Gasteiger partial charge on any atom is -0.539 e. The summed E-state index contributed by atoms with van der Waals surface area (Å²) in [6.07, 6.45) is 0. The number of methoxy groups -OCH3 is 2. The number of carbonyl (C=O) groups is 1. The summed E-state index contributed by atoms with van der Waals surface area (Å²) in [5.41, 5.74) is 0.548. The Hall–Kier alpha value is -1.49. The lowest BCUT2D eigenvalue weighted by molar-refractivity contribution is 0.101. The van der Waals surface area contributed by atoms with Gasteiger partial charge in [-0.1, -0.05) is 0 Å². The number of hydrogen-bond acceptors (Lipinski definition) is 4. The largest absolute Gasteiger partial charge is 0.539 e. The molecule has 0 unspecified atom stereocenters. The second-order valence-corrected chi connectivity index (χ2v) is 9.41. The van der Waals surface area contributed by atoms with E-state index >= 15 is 0 Å². The van der Waals surface area contributed by atoms with Crippen molar-refractivity contribution in [3.8, 4) is 17.2 Å². The Labute approximate surface area is 109 Å². The molecule has 5 heteroatoms. The van der Waals surface area contributed by atoms with Gasteiger partial charge in [-0.15, -0.1) is 0 Å². The van der Waals surface area contributed by atoms with Crippen LogP contribution in [0.1, 0.15) is 17.3 Å². The maximum Gasteiger partial charge on any atom is 0.242 e. The van der Waals surface area contributed by atoms with Gasteiger partial charge in [0.05, 0.1) is 14.2 Å². The van der Waals surface area contributed by atoms with Gasteiger partial charge in [0, 0.05) is 5.56 Å². The van der Waals surface area contributed by atoms with E-state index in [9.17, 15) is 4.79 Å². The molecule has 1 rings (SSSR count). The average Bonchev–Trinajstić information content (AvgIpc) is 2.26. The normalized spacial score (nSPS) is 11.0. The summed E-state index contributed by atoms with van der Waals surface area (Å²) < 4.78 is 16.5. The SMILES string of the molecule is COc1cc(C(C)=O)cc(OC)c1O[Si](C)(C)C. The molecule has 1 aromatic carbocycles. The van der Waals surface area contributed by atoms with Gasteiger partial charge in [-0.05, 0) is 38.7 Å². The van der Waals surface area contributed by atoms with Gasteiger partial charge in [0.15, 0.2) is 23.0 Å². The summed E-state index contributed by atoms with van der Waals surface area (Å²) in [5.74, 6) is 1.60. The maximum atomic E-state index is 11.4. The number of benzene rings is 1. The van der Waals surface area contributed by atoms with Gasteiger partial charge in [-0.3, -0.25) is 4.79 Å². The molecule has 0 N–H and O–H groups in total. The smallest absolute Gasteiger partial charge is 0.242 e. The molecule has 0 bridgehead atoms. The van der Waals surface area contributed by atoms with Crippen molar-refractivity contribution in [2.45, 2.75) is 26.6 Å². The topological polar surface area (TPSA) is 44.8 Å². The van der Waals surface area contributed by atoms with Crippen LogP contribution < -0.4 is 13.9 Å². The fourth-order valence-corrected chi connectivity index (χ4v) is 2.30. The quantitative estimate of drug-likeness (QED) is 0.608. The number of rotatable bonds is 5. The van der Waals surface area contributed by atoms with Crippen LogP contribution in [0.25, 0.3) is 0 Å². The molecule has 0 atom stereocenters. The zero-order valence-electron chi connectivity index (χ0n) is 11.8. The first-order valence-corrected chi connectivity index (χ1v) is 9.15. The maximum absolute atomic E-state index is 11.4. The van der Waals surface area contributed by atoms with Gasteiger partial charge < -0.3 is 13.9 Å². The zero-order valence-corrected chi connectivity index (χ0v) is 12.8. The fourth-order valence-electron chi connectivity index (χ4n) is 1.49. The van der Waals surface area contributed by atoms with E-state index in [0.29, 0.717) is 22.8 Å². The molecule has 0 amide bonds. The van der Waals surface area contributed by atoms with E-state index in [1.165, 1.54) is 6.92 Å². The first-order valence-electron chi connectivity index (χ1n) is 5.74. The van der Waals surface area contributed by atoms with Gasteiger partial charge in [-0.25, -0.2) is 0 Å². The van der Waals surface area contributed by atoms with Crippen LogP contribution in [-0.4, -0.2) is 28.3 Å². The number of ether oxygens (including phenoxy) is 2. The van der Waals surface area contributed by atoms with Gasteiger partial charge in [0.1, 0.15) is 0 Å². The Morgan fingerprint density at radius 3 is 1.78 bits per heavy atom. The average molecular weight is 268 g/mol. The number of carbonyl (C=O) groups excluding carboxylic acids is 1. The molecule has 0 radical (unpaired) electrons. The fraction of sp³-hybridized carbons (Fsp3) is 0.462. The monoisotopic (exact) mass is 268 g/mol. The molecule has 0 aliphatic carbocycles. The highest BCUT2D eigenvalue weighted by atomic mass is 28.4. The van der Waals surface area contributed by atoms with Crippen molar-refractivity contribution in [3.63, 3.8) is 0 Å². The van der Waals surface area contributed by atoms with E-state index in [2.05, 4.69) is 19.6 Å². The van der Waals surface area contributed by atoms with Crippen LogP contribution in [0.4, 0.5) is 0 Å². The molecule has 1 aromatic rings. The molecule has 0 aliphatic heterocycles. The third-order valence-electron chi connectivity index (χ3n) is 2.28. The summed E-state index contributed by atoms with van der Waals surface area (Å²) in [6.45, 7) is 7.73. The first kappa shape index (κ1) is 14.6. The highest BCUT2D eigenvalue weighted by Gasteiger charge is 2.23. The molecule has 0 aromatic heterocycles. The van der Waals surface area contributed by atoms with Crippen LogP contribution in [-0.2, 0) is 0 Å². The molecule has 0 saturated carbocycles. The van der Waals surface area contributed by atoms with Gasteiger partial charge >= 0.3 is 0 Å². The molecular weight excluding hydrogens is 248 g/mol. The van der Waals surface area contributed by atoms with Gasteiger partial charge in [-0.2, -0.15) is 0 Å². The predicted octanol–water partition coefficient (Wildman–Crippen LogP) is 3.12. The van der Waals surface area contributed by atoms with E-state index in [1.54, 1.807) is 26.4 Å². The third kappa shape index (κ3) is 3.50. The standard InChI is InChI=1S/C13H20O4Si/c1-9(14)10-7-11(15-2)13(12(8-10)16-3)17-18(4,5)6/h7-8H,1-6H3. The van der Waals surface area contributed by atoms with Crippen LogP contribution in [0.15, 0.2) is 12.1 Å². The Kier molecular flexibility index (Phi) is 4.40. The third-order valence-corrected chi connectivity index (χ3v) is 3.09. The molecule has 100 valence electrons. The van der Waals surface area contributed by atoms with Crippen molar-refractivity contribution in [2.24, 2.45) is 0 Å². The minimum atomic E-state index is -1.78. The Bertz CT molecular complexity index is 424. The van der Waals surface area contributed by atoms with Crippen LogP contribution >= 0.6 is 0 Å². The van der Waals surface area contributed by atoms with Crippen LogP contribution in [0.5, 0.6) is 17.2 Å². The molecule has 0 spiro atoms. The number of Topliss-reactive ketones (excluding diaryl/α,β-unsaturated/α-hetero) is 1. The lowest BCUT2D eigenvalue weighted by atomic mass is 10.1. The highest BCUT2D eigenvalue weighted by molar-refractivity contribution is 6.70. The predicted molar refractivity (Wildman–Crippen MR) is 73.5 cm³/mol. The first-order chi connectivity index (χ1) is 8.28. The Balaban J connectivity index is 3.34. The molecular formula is C13H20O4Si. The van der Waals surface area contributed by atoms with E-state index in [-0.39, 0.29) is 5.78 Å². The van der Waals surface area contributed by atoms with E-state index in [0.717, 1.165) is 0 Å². The summed E-state index contributed by atoms with van der Waals surface area (Å²) in [6, 6.07) is 3.36. The summed E-state index contributed by atoms with van der Waals surface area (Å²) in [7, 11) is 1.32. The second kappa shape index (κ2) is 5.43. The van der Waals surface area contributed by atoms with Crippen molar-refractivity contribution < 1.29 is 18.7 Å². The van der Waals surface area contributed by atoms with E-state index in [1.807, 2.05) is 0 Å². The Morgan fingerprint density at radius 1 is 1.06 bits per heavy atom. The molecule has 0 heterocycles. The summed E-state index contributed by atoms with van der Waals surface area (Å²) >= 11 is 0. The van der Waals surface area contributed by atoms with Crippen molar-refractivity contribution in [3.05, 3.63) is 17.7 Å². The van der Waals surface area contributed by atoms with Crippen LogP contribution in [0.3, 0.4) is 0 Å². The Morgan fingerprint density at radius 2 is 1.50 bits per heavy atom. The minimum absolute atomic E-state index is 0.0360. The van der Waals surface area contributed by atoms with Crippen LogP contribution in [0.2, 0.25) is 19.6 Å². The zero-order chi connectivity index (χ0) is 13.9. The van der Waals surface area contributed by atoms with Gasteiger partial charge in [0.2, 0.25) is 8.32 Å². The molecule has 0 fully saturated rings.